The molecule has 0 saturated carbocycles. The summed E-state index contributed by atoms with van der Waals surface area (Å²) in [6.07, 6.45) is 3.52. The first-order valence-corrected chi connectivity index (χ1v) is 9.50. The molecule has 0 spiro atoms. The van der Waals surface area contributed by atoms with Gasteiger partial charge in [-0.25, -0.2) is 4.98 Å². The smallest absolute Gasteiger partial charge is 0.263 e. The van der Waals surface area contributed by atoms with Crippen LogP contribution in [0.2, 0.25) is 0 Å². The van der Waals surface area contributed by atoms with Crippen LogP contribution in [0.4, 0.5) is 0 Å². The zero-order valence-electron chi connectivity index (χ0n) is 14.2. The van der Waals surface area contributed by atoms with Crippen LogP contribution in [0, 0.1) is 0 Å². The molecule has 1 aliphatic heterocycles. The largest absolute Gasteiger partial charge is 0.376 e. The second kappa shape index (κ2) is 7.39. The van der Waals surface area contributed by atoms with Gasteiger partial charge in [-0.2, -0.15) is 0 Å². The molecular formula is C19H19N3O3S. The lowest BCUT2D eigenvalue weighted by atomic mass is 10.1. The lowest BCUT2D eigenvalue weighted by Gasteiger charge is -2.11. The molecular weight excluding hydrogens is 350 g/mol. The molecule has 1 fully saturated rings. The molecule has 2 aromatic heterocycles. The average Bonchev–Trinajstić information content (AvgIpc) is 3.33. The number of thiophene rings is 1. The highest BCUT2D eigenvalue weighted by Gasteiger charge is 2.17. The minimum atomic E-state index is -0.208. The summed E-state index contributed by atoms with van der Waals surface area (Å²) < 4.78 is 6.86. The quantitative estimate of drug-likeness (QED) is 0.750. The first kappa shape index (κ1) is 16.9. The van der Waals surface area contributed by atoms with Gasteiger partial charge >= 0.3 is 0 Å². The van der Waals surface area contributed by atoms with Crippen molar-refractivity contribution in [2.45, 2.75) is 25.5 Å². The third kappa shape index (κ3) is 3.40. The molecule has 1 aromatic carbocycles. The Morgan fingerprint density at radius 2 is 2.19 bits per heavy atom. The number of benzene rings is 1. The van der Waals surface area contributed by atoms with Gasteiger partial charge in [-0.3, -0.25) is 14.2 Å². The van der Waals surface area contributed by atoms with E-state index < -0.39 is 0 Å². The van der Waals surface area contributed by atoms with Crippen molar-refractivity contribution in [2.75, 3.05) is 13.2 Å². The van der Waals surface area contributed by atoms with E-state index in [1.54, 1.807) is 0 Å². The number of ether oxygens (including phenoxy) is 1. The average molecular weight is 369 g/mol. The van der Waals surface area contributed by atoms with E-state index in [4.69, 9.17) is 4.74 Å². The summed E-state index contributed by atoms with van der Waals surface area (Å²) >= 11 is 1.44. The summed E-state index contributed by atoms with van der Waals surface area (Å²) in [5.41, 5.74) is 1.64. The van der Waals surface area contributed by atoms with Crippen molar-refractivity contribution < 1.29 is 9.53 Å². The van der Waals surface area contributed by atoms with Crippen LogP contribution < -0.4 is 10.9 Å². The van der Waals surface area contributed by atoms with Crippen molar-refractivity contribution in [3.05, 3.63) is 52.4 Å². The number of hydrogen-bond acceptors (Lipinski definition) is 5. The van der Waals surface area contributed by atoms with E-state index in [2.05, 4.69) is 10.3 Å². The number of nitrogens with one attached hydrogen (secondary N) is 1. The van der Waals surface area contributed by atoms with Gasteiger partial charge in [-0.05, 0) is 18.4 Å². The summed E-state index contributed by atoms with van der Waals surface area (Å²) in [5.74, 6) is -0.208. The van der Waals surface area contributed by atoms with Gasteiger partial charge in [0.15, 0.2) is 0 Å². The number of aromatic nitrogens is 2. The van der Waals surface area contributed by atoms with Crippen molar-refractivity contribution in [3.63, 3.8) is 0 Å². The number of hydrogen-bond donors (Lipinski definition) is 1. The highest BCUT2D eigenvalue weighted by Crippen LogP contribution is 2.30. The Labute approximate surface area is 154 Å². The normalized spacial score (nSPS) is 16.8. The molecule has 1 aliphatic rings. The molecule has 0 bridgehead atoms. The summed E-state index contributed by atoms with van der Waals surface area (Å²) in [5, 5.41) is 5.35. The maximum atomic E-state index is 12.9. The first-order chi connectivity index (χ1) is 12.7. The Kier molecular flexibility index (Phi) is 4.81. The second-order valence-electron chi connectivity index (χ2n) is 6.31. The number of fused-ring (bicyclic) bond motifs is 1. The molecule has 0 aliphatic carbocycles. The standard InChI is InChI=1S/C19H19N3O3S/c23-16(20-9-14-7-4-8-25-14)10-22-12-21-18-17(19(22)24)15(11-26-18)13-5-2-1-3-6-13/h1-3,5-6,11-12,14H,4,7-10H2,(H,20,23). The van der Waals surface area contributed by atoms with Gasteiger partial charge < -0.3 is 10.1 Å². The maximum absolute atomic E-state index is 12.9. The van der Waals surface area contributed by atoms with Crippen LogP contribution in [0.1, 0.15) is 12.8 Å². The molecule has 6 nitrogen and oxygen atoms in total. The lowest BCUT2D eigenvalue weighted by molar-refractivity contribution is -0.122. The lowest BCUT2D eigenvalue weighted by Crippen LogP contribution is -2.36. The van der Waals surface area contributed by atoms with Crippen molar-refractivity contribution in [1.82, 2.24) is 14.9 Å². The van der Waals surface area contributed by atoms with E-state index in [0.29, 0.717) is 16.8 Å². The van der Waals surface area contributed by atoms with Gasteiger partial charge in [0.05, 0.1) is 17.8 Å². The van der Waals surface area contributed by atoms with Crippen LogP contribution in [-0.2, 0) is 16.1 Å². The minimum Gasteiger partial charge on any atom is -0.376 e. The summed E-state index contributed by atoms with van der Waals surface area (Å²) in [6, 6.07) is 9.74. The fourth-order valence-electron chi connectivity index (χ4n) is 3.15. The predicted molar refractivity (Wildman–Crippen MR) is 101 cm³/mol. The Morgan fingerprint density at radius 1 is 1.35 bits per heavy atom. The second-order valence-corrected chi connectivity index (χ2v) is 7.17. The van der Waals surface area contributed by atoms with Crippen LogP contribution >= 0.6 is 11.3 Å². The molecule has 134 valence electrons. The molecule has 26 heavy (non-hydrogen) atoms. The van der Waals surface area contributed by atoms with Crippen LogP contribution in [0.3, 0.4) is 0 Å². The Morgan fingerprint density at radius 3 is 2.96 bits per heavy atom. The molecule has 1 atom stereocenters. The monoisotopic (exact) mass is 369 g/mol. The van der Waals surface area contributed by atoms with Crippen LogP contribution in [0.25, 0.3) is 21.3 Å². The zero-order chi connectivity index (χ0) is 17.9. The highest BCUT2D eigenvalue weighted by atomic mass is 32.1. The van der Waals surface area contributed by atoms with Gasteiger partial charge in [0.1, 0.15) is 11.4 Å². The highest BCUT2D eigenvalue weighted by molar-refractivity contribution is 7.17. The Balaban J connectivity index is 1.57. The third-order valence-corrected chi connectivity index (χ3v) is 5.40. The minimum absolute atomic E-state index is 0.0431. The molecule has 3 aromatic rings. The van der Waals surface area contributed by atoms with E-state index in [-0.39, 0.29) is 24.1 Å². The van der Waals surface area contributed by atoms with Crippen LogP contribution in [0.15, 0.2) is 46.8 Å². The molecule has 1 N–H and O–H groups in total. The number of carbonyl (C=O) groups excluding carboxylic acids is 1. The van der Waals surface area contributed by atoms with E-state index in [0.717, 1.165) is 30.6 Å². The number of nitrogens with zero attached hydrogens (tertiary/aromatic N) is 2. The molecule has 7 heteroatoms. The SMILES string of the molecule is O=C(Cn1cnc2scc(-c3ccccc3)c2c1=O)NCC1CCCO1. The summed E-state index contributed by atoms with van der Waals surface area (Å²) in [7, 11) is 0. The molecule has 1 unspecified atom stereocenters. The molecule has 0 radical (unpaired) electrons. The van der Waals surface area contributed by atoms with Gasteiger partial charge in [-0.15, -0.1) is 11.3 Å². The number of rotatable bonds is 5. The van der Waals surface area contributed by atoms with Crippen molar-refractivity contribution in [1.29, 1.82) is 0 Å². The fraction of sp³-hybridized carbons (Fsp3) is 0.316. The maximum Gasteiger partial charge on any atom is 0.263 e. The van der Waals surface area contributed by atoms with Crippen molar-refractivity contribution >= 4 is 27.5 Å². The number of amides is 1. The van der Waals surface area contributed by atoms with Crippen molar-refractivity contribution in [2.24, 2.45) is 0 Å². The van der Waals surface area contributed by atoms with Crippen LogP contribution in [0.5, 0.6) is 0 Å². The van der Waals surface area contributed by atoms with Gasteiger partial charge in [0, 0.05) is 24.1 Å². The topological polar surface area (TPSA) is 73.2 Å². The Bertz CT molecular complexity index is 975. The summed E-state index contributed by atoms with van der Waals surface area (Å²) in [4.78, 5) is 30.1. The Hall–Kier alpha value is -2.51. The summed E-state index contributed by atoms with van der Waals surface area (Å²) in [6.45, 7) is 1.19. The van der Waals surface area contributed by atoms with E-state index in [9.17, 15) is 9.59 Å². The van der Waals surface area contributed by atoms with Crippen molar-refractivity contribution in [3.8, 4) is 11.1 Å². The first-order valence-electron chi connectivity index (χ1n) is 8.63. The molecule has 1 amide bonds. The molecule has 1 saturated heterocycles. The zero-order valence-corrected chi connectivity index (χ0v) is 15.0. The van der Waals surface area contributed by atoms with Gasteiger partial charge in [0.2, 0.25) is 5.91 Å². The number of carbonyl (C=O) groups is 1. The third-order valence-electron chi connectivity index (χ3n) is 4.51. The van der Waals surface area contributed by atoms with E-state index in [1.165, 1.54) is 22.2 Å². The van der Waals surface area contributed by atoms with E-state index in [1.807, 2.05) is 35.7 Å². The molecule has 4 rings (SSSR count). The van der Waals surface area contributed by atoms with Crippen LogP contribution in [-0.4, -0.2) is 34.7 Å². The van der Waals surface area contributed by atoms with Gasteiger partial charge in [0.25, 0.3) is 5.56 Å². The molecule has 3 heterocycles. The fourth-order valence-corrected chi connectivity index (χ4v) is 4.06. The van der Waals surface area contributed by atoms with Gasteiger partial charge in [-0.1, -0.05) is 30.3 Å². The predicted octanol–water partition coefficient (Wildman–Crippen LogP) is 2.42. The van der Waals surface area contributed by atoms with E-state index >= 15 is 0 Å².